The molecule has 7 heteroatoms. The van der Waals surface area contributed by atoms with Gasteiger partial charge >= 0.3 is 6.03 Å². The van der Waals surface area contributed by atoms with Gasteiger partial charge in [0.15, 0.2) is 0 Å². The van der Waals surface area contributed by atoms with Crippen LogP contribution in [0.5, 0.6) is 0 Å². The quantitative estimate of drug-likeness (QED) is 0.733. The molecule has 0 unspecified atom stereocenters. The van der Waals surface area contributed by atoms with E-state index in [0.717, 1.165) is 23.4 Å². The van der Waals surface area contributed by atoms with Crippen molar-refractivity contribution in [3.8, 4) is 11.1 Å². The number of hydrogen-bond donors (Lipinski definition) is 1. The fourth-order valence-electron chi connectivity index (χ4n) is 4.49. The van der Waals surface area contributed by atoms with Crippen molar-refractivity contribution in [1.82, 2.24) is 19.4 Å². The SMILES string of the molecule is O=C(Nc1ccccc1)N1C[C@H]2C[C@H](C1)c1ccc(-c3cncnc3)c(=O)n1C2. The minimum Gasteiger partial charge on any atom is -0.324 e. The molecule has 1 aromatic carbocycles. The smallest absolute Gasteiger partial charge is 0.321 e. The predicted octanol–water partition coefficient (Wildman–Crippen LogP) is 2.96. The summed E-state index contributed by atoms with van der Waals surface area (Å²) in [5.74, 6) is 0.431. The number of aromatic nitrogens is 3. The number of nitrogens with one attached hydrogen (secondary N) is 1. The molecule has 2 amide bonds. The summed E-state index contributed by atoms with van der Waals surface area (Å²) >= 11 is 0. The van der Waals surface area contributed by atoms with Crippen molar-refractivity contribution >= 4 is 11.7 Å². The van der Waals surface area contributed by atoms with Gasteiger partial charge in [0.1, 0.15) is 6.33 Å². The highest BCUT2D eigenvalue weighted by Crippen LogP contribution is 2.36. The Morgan fingerprint density at radius 1 is 1.00 bits per heavy atom. The molecule has 29 heavy (non-hydrogen) atoms. The molecule has 0 radical (unpaired) electrons. The molecule has 0 saturated carbocycles. The molecule has 2 aliphatic heterocycles. The maximum absolute atomic E-state index is 13.1. The van der Waals surface area contributed by atoms with E-state index in [0.29, 0.717) is 25.2 Å². The van der Waals surface area contributed by atoms with Gasteiger partial charge in [-0.25, -0.2) is 14.8 Å². The molecule has 146 valence electrons. The van der Waals surface area contributed by atoms with Crippen LogP contribution in [0, 0.1) is 5.92 Å². The molecular weight excluding hydrogens is 366 g/mol. The van der Waals surface area contributed by atoms with Crippen molar-refractivity contribution in [1.29, 1.82) is 0 Å². The van der Waals surface area contributed by atoms with E-state index in [1.54, 1.807) is 12.4 Å². The highest BCUT2D eigenvalue weighted by atomic mass is 16.2. The van der Waals surface area contributed by atoms with Gasteiger partial charge < -0.3 is 14.8 Å². The zero-order valence-corrected chi connectivity index (χ0v) is 15.9. The lowest BCUT2D eigenvalue weighted by Crippen LogP contribution is -2.50. The second kappa shape index (κ2) is 7.16. The van der Waals surface area contributed by atoms with E-state index >= 15 is 0 Å². The maximum atomic E-state index is 13.1. The molecule has 4 heterocycles. The lowest BCUT2D eigenvalue weighted by molar-refractivity contribution is 0.139. The van der Waals surface area contributed by atoms with Crippen molar-refractivity contribution in [2.24, 2.45) is 5.92 Å². The number of piperidine rings is 1. The number of fused-ring (bicyclic) bond motifs is 4. The van der Waals surface area contributed by atoms with Crippen LogP contribution in [-0.4, -0.2) is 38.6 Å². The zero-order valence-electron chi connectivity index (χ0n) is 15.9. The number of urea groups is 1. The van der Waals surface area contributed by atoms with E-state index < -0.39 is 0 Å². The summed E-state index contributed by atoms with van der Waals surface area (Å²) in [7, 11) is 0. The Labute approximate surface area is 168 Å². The summed E-state index contributed by atoms with van der Waals surface area (Å²) < 4.78 is 1.88. The first kappa shape index (κ1) is 17.6. The second-order valence-corrected chi connectivity index (χ2v) is 7.71. The first-order valence-electron chi connectivity index (χ1n) is 9.79. The van der Waals surface area contributed by atoms with Crippen LogP contribution >= 0.6 is 0 Å². The summed E-state index contributed by atoms with van der Waals surface area (Å²) in [6.45, 7) is 1.89. The van der Waals surface area contributed by atoms with Crippen LogP contribution in [0.4, 0.5) is 10.5 Å². The third-order valence-corrected chi connectivity index (χ3v) is 5.79. The Bertz CT molecular complexity index is 1100. The van der Waals surface area contributed by atoms with Crippen LogP contribution in [-0.2, 0) is 6.54 Å². The fraction of sp³-hybridized carbons (Fsp3) is 0.273. The van der Waals surface area contributed by atoms with Crippen LogP contribution in [0.15, 0.2) is 66.0 Å². The van der Waals surface area contributed by atoms with Crippen LogP contribution in [0.2, 0.25) is 0 Å². The van der Waals surface area contributed by atoms with Gasteiger partial charge in [0.2, 0.25) is 0 Å². The van der Waals surface area contributed by atoms with E-state index in [9.17, 15) is 9.59 Å². The zero-order chi connectivity index (χ0) is 19.8. The average molecular weight is 387 g/mol. The van der Waals surface area contributed by atoms with E-state index in [-0.39, 0.29) is 23.4 Å². The molecule has 1 N–H and O–H groups in total. The number of rotatable bonds is 2. The molecule has 2 aliphatic rings. The van der Waals surface area contributed by atoms with E-state index in [2.05, 4.69) is 15.3 Å². The van der Waals surface area contributed by atoms with Crippen LogP contribution < -0.4 is 10.9 Å². The highest BCUT2D eigenvalue weighted by Gasteiger charge is 2.36. The van der Waals surface area contributed by atoms with Crippen LogP contribution in [0.25, 0.3) is 11.1 Å². The summed E-state index contributed by atoms with van der Waals surface area (Å²) in [5, 5.41) is 2.97. The van der Waals surface area contributed by atoms with E-state index in [4.69, 9.17) is 0 Å². The molecule has 2 aromatic heterocycles. The molecule has 0 spiro atoms. The maximum Gasteiger partial charge on any atom is 0.321 e. The Morgan fingerprint density at radius 3 is 2.59 bits per heavy atom. The minimum absolute atomic E-state index is 0.00538. The van der Waals surface area contributed by atoms with E-state index in [1.807, 2.05) is 51.9 Å². The van der Waals surface area contributed by atoms with Crippen molar-refractivity contribution in [2.75, 3.05) is 18.4 Å². The molecule has 1 saturated heterocycles. The number of carbonyl (C=O) groups excluding carboxylic acids is 1. The van der Waals surface area contributed by atoms with Gasteiger partial charge in [-0.15, -0.1) is 0 Å². The number of anilines is 1. The molecule has 5 rings (SSSR count). The van der Waals surface area contributed by atoms with Crippen molar-refractivity contribution in [3.05, 3.63) is 77.2 Å². The highest BCUT2D eigenvalue weighted by molar-refractivity contribution is 5.89. The average Bonchev–Trinajstić information content (AvgIpc) is 2.76. The molecule has 1 fully saturated rings. The van der Waals surface area contributed by atoms with Crippen molar-refractivity contribution < 1.29 is 4.79 Å². The molecular formula is C22H21N5O2. The Kier molecular flexibility index (Phi) is 4.35. The standard InChI is InChI=1S/C22H21N5O2/c28-21-19(17-9-23-14-24-10-17)6-7-20-16-8-15(12-27(20)21)11-26(13-16)22(29)25-18-4-2-1-3-5-18/h1-7,9-10,14-16H,8,11-13H2,(H,25,29)/t15-,16-/m1/s1. The lowest BCUT2D eigenvalue weighted by atomic mass is 9.83. The van der Waals surface area contributed by atoms with Gasteiger partial charge in [0.05, 0.1) is 5.56 Å². The number of amides is 2. The Morgan fingerprint density at radius 2 is 1.79 bits per heavy atom. The van der Waals surface area contributed by atoms with Gasteiger partial charge in [-0.3, -0.25) is 4.79 Å². The molecule has 0 aliphatic carbocycles. The largest absolute Gasteiger partial charge is 0.324 e. The molecule has 2 atom stereocenters. The van der Waals surface area contributed by atoms with Gasteiger partial charge in [0, 0.05) is 54.9 Å². The van der Waals surface area contributed by atoms with Crippen molar-refractivity contribution in [3.63, 3.8) is 0 Å². The Hall–Kier alpha value is -3.48. The number of nitrogens with zero attached hydrogens (tertiary/aromatic N) is 4. The third kappa shape index (κ3) is 3.29. The molecule has 7 nitrogen and oxygen atoms in total. The minimum atomic E-state index is -0.0836. The summed E-state index contributed by atoms with van der Waals surface area (Å²) in [6.07, 6.45) is 5.79. The van der Waals surface area contributed by atoms with Gasteiger partial charge in [-0.1, -0.05) is 18.2 Å². The van der Waals surface area contributed by atoms with E-state index in [1.165, 1.54) is 6.33 Å². The number of benzene rings is 1. The first-order valence-corrected chi connectivity index (χ1v) is 9.79. The normalized spacial score (nSPS) is 20.1. The first-order chi connectivity index (χ1) is 14.2. The van der Waals surface area contributed by atoms with Crippen LogP contribution in [0.3, 0.4) is 0 Å². The molecule has 2 bridgehead atoms. The van der Waals surface area contributed by atoms with Gasteiger partial charge in [-0.2, -0.15) is 0 Å². The fourth-order valence-corrected chi connectivity index (χ4v) is 4.49. The summed E-state index contributed by atoms with van der Waals surface area (Å²) in [5.41, 5.74) is 3.14. The number of para-hydroxylation sites is 1. The number of pyridine rings is 1. The summed E-state index contributed by atoms with van der Waals surface area (Å²) in [6, 6.07) is 13.3. The third-order valence-electron chi connectivity index (χ3n) is 5.79. The van der Waals surface area contributed by atoms with Gasteiger partial charge in [0.25, 0.3) is 5.56 Å². The number of hydrogen-bond acceptors (Lipinski definition) is 4. The van der Waals surface area contributed by atoms with Gasteiger partial charge in [-0.05, 0) is 36.6 Å². The van der Waals surface area contributed by atoms with Crippen molar-refractivity contribution in [2.45, 2.75) is 18.9 Å². The number of carbonyl (C=O) groups is 1. The van der Waals surface area contributed by atoms with Crippen LogP contribution in [0.1, 0.15) is 18.0 Å². The Balaban J connectivity index is 1.40. The summed E-state index contributed by atoms with van der Waals surface area (Å²) in [4.78, 5) is 35.8. The number of likely N-dealkylation sites (tertiary alicyclic amines) is 1. The topological polar surface area (TPSA) is 80.1 Å². The predicted molar refractivity (Wildman–Crippen MR) is 110 cm³/mol. The lowest BCUT2D eigenvalue weighted by Gasteiger charge is -2.42. The molecule has 3 aromatic rings. The monoisotopic (exact) mass is 387 g/mol. The second-order valence-electron chi connectivity index (χ2n) is 7.71.